The van der Waals surface area contributed by atoms with Gasteiger partial charge in [-0.25, -0.2) is 0 Å². The molecular formula is C19H36O3. The molecule has 1 unspecified atom stereocenters. The fourth-order valence-corrected chi connectivity index (χ4v) is 2.54. The summed E-state index contributed by atoms with van der Waals surface area (Å²) in [7, 11) is 0. The van der Waals surface area contributed by atoms with Crippen LogP contribution in [-0.4, -0.2) is 22.3 Å². The molecule has 0 aliphatic heterocycles. The normalized spacial score (nSPS) is 12.8. The van der Waals surface area contributed by atoms with Gasteiger partial charge in [-0.1, -0.05) is 64.0 Å². The van der Waals surface area contributed by atoms with Gasteiger partial charge in [-0.15, -0.1) is 0 Å². The van der Waals surface area contributed by atoms with Gasteiger partial charge in [0, 0.05) is 6.42 Å². The number of carboxylic acid groups (broad SMARTS) is 1. The van der Waals surface area contributed by atoms with Crippen LogP contribution in [0.25, 0.3) is 0 Å². The van der Waals surface area contributed by atoms with Crippen molar-refractivity contribution in [3.63, 3.8) is 0 Å². The Balaban J connectivity index is 3.27. The SMILES string of the molecule is CCCCCCCCC(O)CCC=CCCCCCC(=O)O. The summed E-state index contributed by atoms with van der Waals surface area (Å²) in [5.74, 6) is -0.699. The number of unbranched alkanes of at least 4 members (excludes halogenated alkanes) is 8. The molecule has 0 saturated carbocycles. The predicted molar refractivity (Wildman–Crippen MR) is 93.1 cm³/mol. The standard InChI is InChI=1S/C19H36O3/c1-2-3-4-5-9-12-15-18(20)16-13-10-7-6-8-11-14-17-19(21)22/h7,10,18,20H,2-6,8-9,11-17H2,1H3,(H,21,22). The third-order valence-electron chi connectivity index (χ3n) is 3.99. The van der Waals surface area contributed by atoms with Gasteiger partial charge in [-0.05, 0) is 38.5 Å². The van der Waals surface area contributed by atoms with E-state index in [9.17, 15) is 9.90 Å². The van der Waals surface area contributed by atoms with Gasteiger partial charge in [0.1, 0.15) is 0 Å². The maximum atomic E-state index is 10.3. The Bertz CT molecular complexity index is 274. The molecule has 0 heterocycles. The summed E-state index contributed by atoms with van der Waals surface area (Å²) >= 11 is 0. The Kier molecular flexibility index (Phi) is 15.9. The van der Waals surface area contributed by atoms with E-state index in [1.165, 1.54) is 32.1 Å². The monoisotopic (exact) mass is 312 g/mol. The topological polar surface area (TPSA) is 57.5 Å². The highest BCUT2D eigenvalue weighted by Crippen LogP contribution is 2.12. The minimum Gasteiger partial charge on any atom is -0.481 e. The smallest absolute Gasteiger partial charge is 0.303 e. The van der Waals surface area contributed by atoms with Crippen molar-refractivity contribution in [3.05, 3.63) is 12.2 Å². The molecular weight excluding hydrogens is 276 g/mol. The van der Waals surface area contributed by atoms with Crippen molar-refractivity contribution in [1.29, 1.82) is 0 Å². The van der Waals surface area contributed by atoms with Crippen LogP contribution in [0.5, 0.6) is 0 Å². The summed E-state index contributed by atoms with van der Waals surface area (Å²) in [6, 6.07) is 0. The Morgan fingerprint density at radius 3 is 2.23 bits per heavy atom. The van der Waals surface area contributed by atoms with E-state index in [2.05, 4.69) is 19.1 Å². The third kappa shape index (κ3) is 17.2. The number of rotatable bonds is 16. The largest absolute Gasteiger partial charge is 0.481 e. The Morgan fingerprint density at radius 2 is 1.50 bits per heavy atom. The highest BCUT2D eigenvalue weighted by molar-refractivity contribution is 5.66. The van der Waals surface area contributed by atoms with Crippen molar-refractivity contribution in [2.24, 2.45) is 0 Å². The molecule has 0 amide bonds. The minimum atomic E-state index is -0.699. The molecule has 0 aliphatic rings. The average molecular weight is 312 g/mol. The lowest BCUT2D eigenvalue weighted by Gasteiger charge is -2.08. The van der Waals surface area contributed by atoms with E-state index in [4.69, 9.17) is 5.11 Å². The third-order valence-corrected chi connectivity index (χ3v) is 3.99. The van der Waals surface area contributed by atoms with E-state index in [1.807, 2.05) is 0 Å². The first kappa shape index (κ1) is 21.2. The van der Waals surface area contributed by atoms with Gasteiger partial charge in [0.15, 0.2) is 0 Å². The highest BCUT2D eigenvalue weighted by Gasteiger charge is 2.02. The lowest BCUT2D eigenvalue weighted by Crippen LogP contribution is -2.05. The molecule has 0 rings (SSSR count). The molecule has 3 nitrogen and oxygen atoms in total. The summed E-state index contributed by atoms with van der Waals surface area (Å²) in [6.07, 6.45) is 18.7. The van der Waals surface area contributed by atoms with Gasteiger partial charge in [-0.2, -0.15) is 0 Å². The number of aliphatic hydroxyl groups is 1. The quantitative estimate of drug-likeness (QED) is 0.293. The van der Waals surface area contributed by atoms with E-state index in [0.717, 1.165) is 51.4 Å². The van der Waals surface area contributed by atoms with Crippen molar-refractivity contribution >= 4 is 5.97 Å². The minimum absolute atomic E-state index is 0.147. The van der Waals surface area contributed by atoms with Gasteiger partial charge in [-0.3, -0.25) is 4.79 Å². The molecule has 1 atom stereocenters. The summed E-state index contributed by atoms with van der Waals surface area (Å²) in [5.41, 5.74) is 0. The van der Waals surface area contributed by atoms with Crippen LogP contribution in [0.15, 0.2) is 12.2 Å². The van der Waals surface area contributed by atoms with E-state index in [0.29, 0.717) is 0 Å². The molecule has 0 radical (unpaired) electrons. The molecule has 0 aromatic heterocycles. The summed E-state index contributed by atoms with van der Waals surface area (Å²) in [4.78, 5) is 10.3. The van der Waals surface area contributed by atoms with Crippen LogP contribution in [0, 0.1) is 0 Å². The molecule has 3 heteroatoms. The number of hydrogen-bond donors (Lipinski definition) is 2. The first-order valence-electron chi connectivity index (χ1n) is 9.21. The van der Waals surface area contributed by atoms with Crippen LogP contribution < -0.4 is 0 Å². The van der Waals surface area contributed by atoms with E-state index < -0.39 is 5.97 Å². The van der Waals surface area contributed by atoms with Gasteiger partial charge >= 0.3 is 5.97 Å². The molecule has 0 saturated heterocycles. The first-order valence-corrected chi connectivity index (χ1v) is 9.21. The van der Waals surface area contributed by atoms with Gasteiger partial charge in [0.2, 0.25) is 0 Å². The second-order valence-electron chi connectivity index (χ2n) is 6.25. The second kappa shape index (κ2) is 16.5. The molecule has 130 valence electrons. The number of aliphatic hydroxyl groups excluding tert-OH is 1. The van der Waals surface area contributed by atoms with E-state index in [1.54, 1.807) is 0 Å². The molecule has 2 N–H and O–H groups in total. The number of allylic oxidation sites excluding steroid dienone is 2. The number of carboxylic acids is 1. The van der Waals surface area contributed by atoms with Crippen molar-refractivity contribution < 1.29 is 15.0 Å². The Morgan fingerprint density at radius 1 is 0.864 bits per heavy atom. The van der Waals surface area contributed by atoms with Crippen LogP contribution in [0.1, 0.15) is 96.8 Å². The van der Waals surface area contributed by atoms with Crippen molar-refractivity contribution in [3.8, 4) is 0 Å². The van der Waals surface area contributed by atoms with Crippen molar-refractivity contribution in [2.75, 3.05) is 0 Å². The number of aliphatic carboxylic acids is 1. The maximum Gasteiger partial charge on any atom is 0.303 e. The zero-order valence-electron chi connectivity index (χ0n) is 14.4. The van der Waals surface area contributed by atoms with Crippen molar-refractivity contribution in [1.82, 2.24) is 0 Å². The summed E-state index contributed by atoms with van der Waals surface area (Å²) < 4.78 is 0. The summed E-state index contributed by atoms with van der Waals surface area (Å²) in [5, 5.41) is 18.4. The van der Waals surface area contributed by atoms with Gasteiger partial charge < -0.3 is 10.2 Å². The fourth-order valence-electron chi connectivity index (χ4n) is 2.54. The molecule has 0 fully saturated rings. The predicted octanol–water partition coefficient (Wildman–Crippen LogP) is 5.47. The lowest BCUT2D eigenvalue weighted by molar-refractivity contribution is -0.137. The lowest BCUT2D eigenvalue weighted by atomic mass is 10.0. The number of hydrogen-bond acceptors (Lipinski definition) is 2. The maximum absolute atomic E-state index is 10.3. The fraction of sp³-hybridized carbons (Fsp3) is 0.842. The first-order chi connectivity index (χ1) is 10.7. The number of carbonyl (C=O) groups is 1. The van der Waals surface area contributed by atoms with E-state index in [-0.39, 0.29) is 12.5 Å². The summed E-state index contributed by atoms with van der Waals surface area (Å²) in [6.45, 7) is 2.23. The average Bonchev–Trinajstić information content (AvgIpc) is 2.48. The van der Waals surface area contributed by atoms with Crippen LogP contribution >= 0.6 is 0 Å². The van der Waals surface area contributed by atoms with Crippen LogP contribution in [0.4, 0.5) is 0 Å². The molecule has 22 heavy (non-hydrogen) atoms. The van der Waals surface area contributed by atoms with Gasteiger partial charge in [0.25, 0.3) is 0 Å². The van der Waals surface area contributed by atoms with E-state index >= 15 is 0 Å². The van der Waals surface area contributed by atoms with Crippen LogP contribution in [-0.2, 0) is 4.79 Å². The molecule has 0 aromatic carbocycles. The molecule has 0 aliphatic carbocycles. The zero-order chi connectivity index (χ0) is 16.5. The van der Waals surface area contributed by atoms with Gasteiger partial charge in [0.05, 0.1) is 6.10 Å². The zero-order valence-corrected chi connectivity index (χ0v) is 14.4. The second-order valence-corrected chi connectivity index (χ2v) is 6.25. The van der Waals surface area contributed by atoms with Crippen LogP contribution in [0.3, 0.4) is 0 Å². The Hall–Kier alpha value is -0.830. The van der Waals surface area contributed by atoms with Crippen molar-refractivity contribution in [2.45, 2.75) is 103 Å². The molecule has 0 bridgehead atoms. The Labute approximate surface area is 136 Å². The highest BCUT2D eigenvalue weighted by atomic mass is 16.4. The molecule has 0 spiro atoms. The van der Waals surface area contributed by atoms with Crippen LogP contribution in [0.2, 0.25) is 0 Å². The molecule has 0 aromatic rings.